The summed E-state index contributed by atoms with van der Waals surface area (Å²) in [7, 11) is -3.54. The molecule has 4 rings (SSSR count). The first-order chi connectivity index (χ1) is 14.5. The summed E-state index contributed by atoms with van der Waals surface area (Å²) in [5.41, 5.74) is 1.45. The number of benzene rings is 2. The lowest BCUT2D eigenvalue weighted by molar-refractivity contribution is -0.116. The average Bonchev–Trinajstić information content (AvgIpc) is 2.95. The summed E-state index contributed by atoms with van der Waals surface area (Å²) in [6, 6.07) is 14.4. The van der Waals surface area contributed by atoms with E-state index in [4.69, 9.17) is 0 Å². The number of hydrogen-bond acceptors (Lipinski definition) is 5. The summed E-state index contributed by atoms with van der Waals surface area (Å²) in [5, 5.41) is 3.75. The van der Waals surface area contributed by atoms with Crippen LogP contribution < -0.4 is 5.32 Å². The zero-order valence-electron chi connectivity index (χ0n) is 16.7. The first-order valence-electron chi connectivity index (χ1n) is 10.3. The summed E-state index contributed by atoms with van der Waals surface area (Å²) in [5.74, 6) is -0.154. The zero-order valence-corrected chi connectivity index (χ0v) is 18.3. The number of anilines is 1. The highest BCUT2D eigenvalue weighted by atomic mass is 32.2. The van der Waals surface area contributed by atoms with Crippen LogP contribution >= 0.6 is 11.3 Å². The van der Waals surface area contributed by atoms with Crippen molar-refractivity contribution in [1.29, 1.82) is 0 Å². The molecule has 30 heavy (non-hydrogen) atoms. The molecule has 0 aliphatic carbocycles. The Labute approximate surface area is 181 Å². The van der Waals surface area contributed by atoms with Gasteiger partial charge in [-0.05, 0) is 43.2 Å². The Kier molecular flexibility index (Phi) is 6.46. The molecule has 1 N–H and O–H groups in total. The monoisotopic (exact) mass is 443 g/mol. The fraction of sp³-hybridized carbons (Fsp3) is 0.364. The van der Waals surface area contributed by atoms with E-state index in [1.165, 1.54) is 0 Å². The minimum atomic E-state index is -3.54. The lowest BCUT2D eigenvalue weighted by Gasteiger charge is -2.20. The van der Waals surface area contributed by atoms with Crippen molar-refractivity contribution in [1.82, 2.24) is 9.29 Å². The van der Waals surface area contributed by atoms with Gasteiger partial charge in [0.05, 0.1) is 20.1 Å². The maximum absolute atomic E-state index is 13.0. The molecule has 2 heterocycles. The Morgan fingerprint density at radius 2 is 1.80 bits per heavy atom. The maximum Gasteiger partial charge on any atom is 0.243 e. The Morgan fingerprint density at radius 3 is 2.57 bits per heavy atom. The smallest absolute Gasteiger partial charge is 0.243 e. The Bertz CT molecular complexity index is 1100. The molecule has 3 aromatic rings. The average molecular weight is 444 g/mol. The van der Waals surface area contributed by atoms with E-state index in [2.05, 4.69) is 10.3 Å². The molecule has 2 aromatic carbocycles. The summed E-state index contributed by atoms with van der Waals surface area (Å²) >= 11 is 1.59. The van der Waals surface area contributed by atoms with Crippen LogP contribution in [0.4, 0.5) is 5.69 Å². The van der Waals surface area contributed by atoms with Gasteiger partial charge in [-0.25, -0.2) is 13.4 Å². The number of thiazole rings is 1. The van der Waals surface area contributed by atoms with E-state index in [9.17, 15) is 13.2 Å². The van der Waals surface area contributed by atoms with E-state index in [0.29, 0.717) is 31.6 Å². The molecule has 0 unspecified atom stereocenters. The van der Waals surface area contributed by atoms with Crippen LogP contribution in [0.2, 0.25) is 0 Å². The fourth-order valence-corrected chi connectivity index (χ4v) is 6.17. The van der Waals surface area contributed by atoms with Crippen molar-refractivity contribution in [3.8, 4) is 0 Å². The van der Waals surface area contributed by atoms with E-state index < -0.39 is 10.0 Å². The van der Waals surface area contributed by atoms with Gasteiger partial charge in [0, 0.05) is 31.6 Å². The highest BCUT2D eigenvalue weighted by molar-refractivity contribution is 7.89. The largest absolute Gasteiger partial charge is 0.326 e. The van der Waals surface area contributed by atoms with E-state index >= 15 is 0 Å². The fourth-order valence-electron chi connectivity index (χ4n) is 3.64. The summed E-state index contributed by atoms with van der Waals surface area (Å²) in [6.07, 6.45) is 4.76. The number of para-hydroxylation sites is 1. The number of carbonyl (C=O) groups excluding carboxylic acids is 1. The lowest BCUT2D eigenvalue weighted by atomic mass is 10.2. The molecule has 1 aromatic heterocycles. The molecule has 8 heteroatoms. The number of sulfonamides is 1. The Hall–Kier alpha value is -2.29. The minimum absolute atomic E-state index is 0.154. The number of rotatable bonds is 6. The van der Waals surface area contributed by atoms with Gasteiger partial charge in [0.15, 0.2) is 0 Å². The second-order valence-electron chi connectivity index (χ2n) is 7.47. The minimum Gasteiger partial charge on any atom is -0.326 e. The van der Waals surface area contributed by atoms with E-state index in [0.717, 1.165) is 40.9 Å². The molecule has 1 amide bonds. The highest BCUT2D eigenvalue weighted by Gasteiger charge is 2.25. The van der Waals surface area contributed by atoms with Crippen molar-refractivity contribution in [2.75, 3.05) is 18.4 Å². The topological polar surface area (TPSA) is 79.4 Å². The van der Waals surface area contributed by atoms with Crippen LogP contribution in [0, 0.1) is 0 Å². The second kappa shape index (κ2) is 9.24. The quantitative estimate of drug-likeness (QED) is 0.611. The number of aryl methyl sites for hydroxylation is 1. The number of hydrogen-bond donors (Lipinski definition) is 1. The molecule has 1 saturated heterocycles. The first-order valence-corrected chi connectivity index (χ1v) is 12.5. The SMILES string of the molecule is O=C(CCc1nc2ccccc2s1)Nc1cccc(S(=O)(=O)N2CCCCCC2)c1. The number of nitrogens with zero attached hydrogens (tertiary/aromatic N) is 2. The predicted octanol–water partition coefficient (Wildman–Crippen LogP) is 4.43. The molecule has 0 spiro atoms. The van der Waals surface area contributed by atoms with Crippen LogP contribution in [-0.2, 0) is 21.2 Å². The van der Waals surface area contributed by atoms with Gasteiger partial charge in [0.2, 0.25) is 15.9 Å². The molecule has 0 bridgehead atoms. The van der Waals surface area contributed by atoms with E-state index in [1.54, 1.807) is 39.9 Å². The molecule has 0 radical (unpaired) electrons. The Morgan fingerprint density at radius 1 is 1.03 bits per heavy atom. The highest BCUT2D eigenvalue weighted by Crippen LogP contribution is 2.24. The third-order valence-electron chi connectivity index (χ3n) is 5.22. The molecule has 6 nitrogen and oxygen atoms in total. The van der Waals surface area contributed by atoms with Crippen molar-refractivity contribution >= 4 is 43.2 Å². The molecule has 158 valence electrons. The van der Waals surface area contributed by atoms with Gasteiger partial charge in [-0.1, -0.05) is 31.0 Å². The van der Waals surface area contributed by atoms with Crippen molar-refractivity contribution in [2.24, 2.45) is 0 Å². The predicted molar refractivity (Wildman–Crippen MR) is 120 cm³/mol. The van der Waals surface area contributed by atoms with E-state index in [-0.39, 0.29) is 10.8 Å². The third kappa shape index (κ3) is 4.88. The third-order valence-corrected chi connectivity index (χ3v) is 8.22. The summed E-state index contributed by atoms with van der Waals surface area (Å²) in [6.45, 7) is 1.11. The molecule has 1 aliphatic heterocycles. The standard InChI is InChI=1S/C22H25N3O3S2/c26-21(12-13-22-24-19-10-3-4-11-20(19)29-22)23-17-8-7-9-18(16-17)30(27,28)25-14-5-1-2-6-15-25/h3-4,7-11,16H,1-2,5-6,12-15H2,(H,23,26). The van der Waals surface area contributed by atoms with Crippen LogP contribution in [0.3, 0.4) is 0 Å². The number of nitrogens with one attached hydrogen (secondary N) is 1. The number of fused-ring (bicyclic) bond motifs is 1. The van der Waals surface area contributed by atoms with Gasteiger partial charge in [0.1, 0.15) is 0 Å². The van der Waals surface area contributed by atoms with Crippen LogP contribution in [-0.4, -0.2) is 36.7 Å². The maximum atomic E-state index is 13.0. The summed E-state index contributed by atoms with van der Waals surface area (Å²) in [4.78, 5) is 17.2. The molecular weight excluding hydrogens is 418 g/mol. The number of aromatic nitrogens is 1. The molecule has 0 atom stereocenters. The van der Waals surface area contributed by atoms with Gasteiger partial charge >= 0.3 is 0 Å². The van der Waals surface area contributed by atoms with Crippen LogP contribution in [0.5, 0.6) is 0 Å². The number of amides is 1. The van der Waals surface area contributed by atoms with Crippen molar-refractivity contribution in [3.63, 3.8) is 0 Å². The van der Waals surface area contributed by atoms with Crippen molar-refractivity contribution in [2.45, 2.75) is 43.4 Å². The Balaban J connectivity index is 1.40. The molecule has 1 aliphatic rings. The van der Waals surface area contributed by atoms with Gasteiger partial charge < -0.3 is 5.32 Å². The second-order valence-corrected chi connectivity index (χ2v) is 10.5. The molecule has 1 fully saturated rings. The summed E-state index contributed by atoms with van der Waals surface area (Å²) < 4.78 is 28.6. The normalized spacial score (nSPS) is 15.7. The lowest BCUT2D eigenvalue weighted by Crippen LogP contribution is -2.32. The van der Waals surface area contributed by atoms with Crippen LogP contribution in [0.15, 0.2) is 53.4 Å². The van der Waals surface area contributed by atoms with Gasteiger partial charge in [-0.3, -0.25) is 4.79 Å². The van der Waals surface area contributed by atoms with Crippen LogP contribution in [0.25, 0.3) is 10.2 Å². The van der Waals surface area contributed by atoms with Crippen molar-refractivity contribution in [3.05, 3.63) is 53.5 Å². The van der Waals surface area contributed by atoms with Crippen LogP contribution in [0.1, 0.15) is 37.1 Å². The van der Waals surface area contributed by atoms with Gasteiger partial charge in [0.25, 0.3) is 0 Å². The van der Waals surface area contributed by atoms with E-state index in [1.807, 2.05) is 24.3 Å². The van der Waals surface area contributed by atoms with Crippen molar-refractivity contribution < 1.29 is 13.2 Å². The zero-order chi connectivity index (χ0) is 21.0. The molecular formula is C22H25N3O3S2. The first kappa shape index (κ1) is 21.0. The van der Waals surface area contributed by atoms with Gasteiger partial charge in [-0.2, -0.15) is 4.31 Å². The number of carbonyl (C=O) groups is 1. The van der Waals surface area contributed by atoms with Gasteiger partial charge in [-0.15, -0.1) is 11.3 Å². The molecule has 0 saturated carbocycles.